The summed E-state index contributed by atoms with van der Waals surface area (Å²) in [6.45, 7) is 4.76. The van der Waals surface area contributed by atoms with Gasteiger partial charge in [0, 0.05) is 10.7 Å². The summed E-state index contributed by atoms with van der Waals surface area (Å²) < 4.78 is 14.7. The summed E-state index contributed by atoms with van der Waals surface area (Å²) in [5.41, 5.74) is 2.94. The van der Waals surface area contributed by atoms with E-state index in [1.165, 1.54) is 17.7 Å². The number of hydrogen-bond acceptors (Lipinski definition) is 3. The summed E-state index contributed by atoms with van der Waals surface area (Å²) in [4.78, 5) is 4.19. The molecule has 1 aromatic heterocycles. The molecule has 0 spiro atoms. The Morgan fingerprint density at radius 2 is 1.96 bits per heavy atom. The van der Waals surface area contributed by atoms with Crippen molar-refractivity contribution in [3.8, 4) is 0 Å². The molecule has 0 aliphatic heterocycles. The van der Waals surface area contributed by atoms with Gasteiger partial charge < -0.3 is 5.32 Å². The molecule has 0 amide bonds. The van der Waals surface area contributed by atoms with Crippen LogP contribution in [0.5, 0.6) is 0 Å². The second-order valence-corrected chi connectivity index (χ2v) is 7.33. The zero-order valence-corrected chi connectivity index (χ0v) is 17.2. The first kappa shape index (κ1) is 20.2. The third-order valence-corrected chi connectivity index (χ3v) is 5.02. The number of anilines is 2. The fourth-order valence-corrected chi connectivity index (χ4v) is 3.08. The van der Waals surface area contributed by atoms with Crippen LogP contribution in [0.2, 0.25) is 5.02 Å². The van der Waals surface area contributed by atoms with E-state index >= 15 is 0 Å². The van der Waals surface area contributed by atoms with Crippen LogP contribution >= 0.6 is 23.8 Å². The average molecular weight is 418 g/mol. The summed E-state index contributed by atoms with van der Waals surface area (Å²) in [7, 11) is 0. The molecule has 8 heteroatoms. The Kier molecular flexibility index (Phi) is 6.59. The van der Waals surface area contributed by atoms with Gasteiger partial charge in [-0.25, -0.2) is 14.1 Å². The van der Waals surface area contributed by atoms with Crippen LogP contribution in [-0.4, -0.2) is 19.9 Å². The van der Waals surface area contributed by atoms with Gasteiger partial charge in [0.25, 0.3) is 0 Å². The van der Waals surface area contributed by atoms with Crippen molar-refractivity contribution in [2.45, 2.75) is 32.7 Å². The molecule has 0 aliphatic carbocycles. The number of nitrogens with one attached hydrogen (secondary N) is 2. The predicted octanol–water partition coefficient (Wildman–Crippen LogP) is 5.44. The highest BCUT2D eigenvalue weighted by Crippen LogP contribution is 2.21. The van der Waals surface area contributed by atoms with E-state index in [2.05, 4.69) is 46.7 Å². The fourth-order valence-electron chi connectivity index (χ4n) is 2.65. The van der Waals surface area contributed by atoms with Crippen LogP contribution in [0.25, 0.3) is 0 Å². The van der Waals surface area contributed by atoms with Crippen LogP contribution in [-0.2, 0) is 6.54 Å². The zero-order valence-electron chi connectivity index (χ0n) is 15.6. The highest BCUT2D eigenvalue weighted by atomic mass is 35.5. The normalized spacial score (nSPS) is 11.9. The Bertz CT molecular complexity index is 957. The van der Waals surface area contributed by atoms with Crippen molar-refractivity contribution >= 4 is 40.6 Å². The Labute approximate surface area is 173 Å². The molecule has 2 N–H and O–H groups in total. The first-order chi connectivity index (χ1) is 13.4. The van der Waals surface area contributed by atoms with E-state index in [-0.39, 0.29) is 5.82 Å². The highest BCUT2D eigenvalue weighted by Gasteiger charge is 2.08. The highest BCUT2D eigenvalue weighted by molar-refractivity contribution is 7.80. The number of hydrogen-bond donors (Lipinski definition) is 2. The Morgan fingerprint density at radius 1 is 1.21 bits per heavy atom. The van der Waals surface area contributed by atoms with Gasteiger partial charge in [-0.15, -0.1) is 5.10 Å². The van der Waals surface area contributed by atoms with E-state index in [0.29, 0.717) is 28.5 Å². The molecule has 1 atom stereocenters. The number of aromatic nitrogens is 3. The molecule has 0 aliphatic rings. The molecule has 0 saturated carbocycles. The molecule has 0 saturated heterocycles. The summed E-state index contributed by atoms with van der Waals surface area (Å²) in [5, 5.41) is 11.1. The molecule has 146 valence electrons. The lowest BCUT2D eigenvalue weighted by Crippen LogP contribution is -2.20. The van der Waals surface area contributed by atoms with Crippen molar-refractivity contribution in [1.82, 2.24) is 14.8 Å². The molecule has 0 fully saturated rings. The Morgan fingerprint density at radius 3 is 2.64 bits per heavy atom. The van der Waals surface area contributed by atoms with Gasteiger partial charge in [-0.2, -0.15) is 0 Å². The molecule has 28 heavy (non-hydrogen) atoms. The van der Waals surface area contributed by atoms with Gasteiger partial charge >= 0.3 is 0 Å². The quantitative estimate of drug-likeness (QED) is 0.523. The molecule has 0 bridgehead atoms. The van der Waals surface area contributed by atoms with E-state index in [9.17, 15) is 4.39 Å². The lowest BCUT2D eigenvalue weighted by Gasteiger charge is -2.11. The number of rotatable bonds is 6. The Balaban J connectivity index is 1.57. The SMILES string of the molecule is CCC(C)c1ccc(NC(=S)Nc2ncn(Cc3ccc(F)cc3Cl)n2)cc1. The molecule has 3 aromatic rings. The van der Waals surface area contributed by atoms with Gasteiger partial charge in [0.2, 0.25) is 5.95 Å². The van der Waals surface area contributed by atoms with E-state index in [1.54, 1.807) is 17.1 Å². The topological polar surface area (TPSA) is 54.8 Å². The molecule has 2 aromatic carbocycles. The molecule has 0 radical (unpaired) electrons. The van der Waals surface area contributed by atoms with Gasteiger partial charge in [0.15, 0.2) is 5.11 Å². The second kappa shape index (κ2) is 9.12. The van der Waals surface area contributed by atoms with Crippen molar-refractivity contribution in [2.24, 2.45) is 0 Å². The van der Waals surface area contributed by atoms with Gasteiger partial charge in [0.1, 0.15) is 12.1 Å². The van der Waals surface area contributed by atoms with Gasteiger partial charge in [-0.3, -0.25) is 5.32 Å². The maximum absolute atomic E-state index is 13.1. The van der Waals surface area contributed by atoms with Crippen LogP contribution < -0.4 is 10.6 Å². The minimum atomic E-state index is -0.372. The zero-order chi connectivity index (χ0) is 20.1. The van der Waals surface area contributed by atoms with Crippen molar-refractivity contribution in [3.63, 3.8) is 0 Å². The molecular formula is C20H21ClFN5S. The summed E-state index contributed by atoms with van der Waals surface area (Å²) in [6.07, 6.45) is 2.66. The van der Waals surface area contributed by atoms with E-state index < -0.39 is 0 Å². The largest absolute Gasteiger partial charge is 0.332 e. The number of nitrogens with zero attached hydrogens (tertiary/aromatic N) is 3. The second-order valence-electron chi connectivity index (χ2n) is 6.51. The summed E-state index contributed by atoms with van der Waals surface area (Å²) >= 11 is 11.4. The predicted molar refractivity (Wildman–Crippen MR) is 116 cm³/mol. The van der Waals surface area contributed by atoms with Crippen LogP contribution in [0.15, 0.2) is 48.8 Å². The third kappa shape index (κ3) is 5.27. The van der Waals surface area contributed by atoms with Crippen molar-refractivity contribution in [2.75, 3.05) is 10.6 Å². The van der Waals surface area contributed by atoms with Crippen LogP contribution in [0, 0.1) is 5.82 Å². The van der Waals surface area contributed by atoms with E-state index in [0.717, 1.165) is 17.7 Å². The number of benzene rings is 2. The smallest absolute Gasteiger partial charge is 0.248 e. The van der Waals surface area contributed by atoms with Crippen molar-refractivity contribution in [1.29, 1.82) is 0 Å². The van der Waals surface area contributed by atoms with E-state index in [1.807, 2.05) is 12.1 Å². The van der Waals surface area contributed by atoms with Gasteiger partial charge in [0.05, 0.1) is 6.54 Å². The lowest BCUT2D eigenvalue weighted by molar-refractivity contribution is 0.624. The van der Waals surface area contributed by atoms with Crippen LogP contribution in [0.3, 0.4) is 0 Å². The molecular weight excluding hydrogens is 397 g/mol. The summed E-state index contributed by atoms with van der Waals surface area (Å²) in [5.74, 6) is 0.525. The van der Waals surface area contributed by atoms with Gasteiger partial charge in [-0.1, -0.05) is 43.6 Å². The van der Waals surface area contributed by atoms with Crippen LogP contribution in [0.4, 0.5) is 16.0 Å². The average Bonchev–Trinajstić information content (AvgIpc) is 3.10. The van der Waals surface area contributed by atoms with Gasteiger partial charge in [-0.05, 0) is 59.9 Å². The Hall–Kier alpha value is -2.51. The minimum absolute atomic E-state index is 0.350. The molecule has 3 rings (SSSR count). The standard InChI is InChI=1S/C20H21ClFN5S/c1-3-13(2)14-5-8-17(9-6-14)24-20(28)25-19-23-12-27(26-19)11-15-4-7-16(22)10-18(15)21/h4-10,12-13H,3,11H2,1-2H3,(H2,24,25,26,28). The monoisotopic (exact) mass is 417 g/mol. The first-order valence-corrected chi connectivity index (χ1v) is 9.74. The molecule has 1 heterocycles. The van der Waals surface area contributed by atoms with Crippen LogP contribution in [0.1, 0.15) is 37.3 Å². The minimum Gasteiger partial charge on any atom is -0.332 e. The van der Waals surface area contributed by atoms with E-state index in [4.69, 9.17) is 23.8 Å². The maximum Gasteiger partial charge on any atom is 0.248 e. The number of halogens is 2. The van der Waals surface area contributed by atoms with Crippen molar-refractivity contribution in [3.05, 3.63) is 70.8 Å². The number of thiocarbonyl (C=S) groups is 1. The maximum atomic E-state index is 13.1. The third-order valence-electron chi connectivity index (χ3n) is 4.46. The first-order valence-electron chi connectivity index (χ1n) is 8.96. The fraction of sp³-hybridized carbons (Fsp3) is 0.250. The molecule has 5 nitrogen and oxygen atoms in total. The molecule has 1 unspecified atom stereocenters. The van der Waals surface area contributed by atoms with Crippen molar-refractivity contribution < 1.29 is 4.39 Å². The summed E-state index contributed by atoms with van der Waals surface area (Å²) in [6, 6.07) is 12.5. The lowest BCUT2D eigenvalue weighted by atomic mass is 9.99.